The molecule has 0 aliphatic carbocycles. The van der Waals surface area contributed by atoms with E-state index in [1.165, 1.54) is 104 Å². The Hall–Kier alpha value is -0.120. The van der Waals surface area contributed by atoms with Gasteiger partial charge in [0.1, 0.15) is 0 Å². The number of nitrogens with zero attached hydrogens (tertiary/aromatic N) is 3. The number of hydrogen-bond donors (Lipinski definition) is 0. The van der Waals surface area contributed by atoms with Crippen LogP contribution in [0.5, 0.6) is 0 Å². The Morgan fingerprint density at radius 2 is 1.18 bits per heavy atom. The minimum Gasteiger partial charge on any atom is -0.301 e. The summed E-state index contributed by atoms with van der Waals surface area (Å²) in [7, 11) is 0. The van der Waals surface area contributed by atoms with Gasteiger partial charge in [-0.1, -0.05) is 60.8 Å². The first-order chi connectivity index (χ1) is 13.3. The van der Waals surface area contributed by atoms with Crippen LogP contribution in [0.1, 0.15) is 92.9 Å². The van der Waals surface area contributed by atoms with Gasteiger partial charge in [-0.15, -0.1) is 0 Å². The van der Waals surface area contributed by atoms with Crippen molar-refractivity contribution in [3.8, 4) is 0 Å². The van der Waals surface area contributed by atoms with E-state index in [-0.39, 0.29) is 0 Å². The molecule has 0 spiro atoms. The lowest BCUT2D eigenvalue weighted by atomic mass is 9.67. The van der Waals surface area contributed by atoms with Gasteiger partial charge in [-0.25, -0.2) is 0 Å². The van der Waals surface area contributed by atoms with Gasteiger partial charge in [0, 0.05) is 26.2 Å². The summed E-state index contributed by atoms with van der Waals surface area (Å²) in [6, 6.07) is 0. The van der Waals surface area contributed by atoms with Crippen molar-refractivity contribution in [3.63, 3.8) is 0 Å². The summed E-state index contributed by atoms with van der Waals surface area (Å²) in [6.07, 6.45) is 11.0. The van der Waals surface area contributed by atoms with E-state index in [1.807, 2.05) is 0 Å². The summed E-state index contributed by atoms with van der Waals surface area (Å²) in [5.41, 5.74) is 1.10. The summed E-state index contributed by atoms with van der Waals surface area (Å²) < 4.78 is 0. The van der Waals surface area contributed by atoms with Crippen molar-refractivity contribution in [3.05, 3.63) is 0 Å². The van der Waals surface area contributed by atoms with Crippen LogP contribution in [0.25, 0.3) is 0 Å². The molecule has 2 aliphatic rings. The molecule has 2 heterocycles. The molecular formula is C25H51N3. The van der Waals surface area contributed by atoms with Crippen molar-refractivity contribution in [2.45, 2.75) is 92.9 Å². The van der Waals surface area contributed by atoms with Crippen LogP contribution in [-0.4, -0.2) is 67.2 Å². The predicted octanol–water partition coefficient (Wildman–Crippen LogP) is 5.71. The highest BCUT2D eigenvalue weighted by atomic mass is 15.3. The first kappa shape index (κ1) is 24.2. The maximum atomic E-state index is 2.74. The van der Waals surface area contributed by atoms with Gasteiger partial charge >= 0.3 is 0 Å². The molecule has 0 bridgehead atoms. The third-order valence-corrected chi connectivity index (χ3v) is 8.14. The summed E-state index contributed by atoms with van der Waals surface area (Å²) in [5, 5.41) is 0. The monoisotopic (exact) mass is 393 g/mol. The molecule has 0 atom stereocenters. The van der Waals surface area contributed by atoms with Gasteiger partial charge in [-0.2, -0.15) is 0 Å². The van der Waals surface area contributed by atoms with Crippen molar-refractivity contribution in [2.75, 3.05) is 52.5 Å². The van der Waals surface area contributed by atoms with E-state index < -0.39 is 0 Å². The topological polar surface area (TPSA) is 9.72 Å². The first-order valence-electron chi connectivity index (χ1n) is 12.5. The molecule has 3 heteroatoms. The smallest absolute Gasteiger partial charge is 0.0507 e. The van der Waals surface area contributed by atoms with Gasteiger partial charge in [0.05, 0.1) is 6.67 Å². The van der Waals surface area contributed by atoms with Crippen LogP contribution in [0.2, 0.25) is 0 Å². The maximum absolute atomic E-state index is 2.74. The Labute approximate surface area is 177 Å². The number of rotatable bonds is 11. The Kier molecular flexibility index (Phi) is 9.76. The Morgan fingerprint density at radius 1 is 0.679 bits per heavy atom. The maximum Gasteiger partial charge on any atom is 0.0507 e. The molecule has 2 rings (SSSR count). The fourth-order valence-corrected chi connectivity index (χ4v) is 5.52. The molecule has 0 unspecified atom stereocenters. The van der Waals surface area contributed by atoms with Crippen molar-refractivity contribution in [1.29, 1.82) is 0 Å². The van der Waals surface area contributed by atoms with Crippen LogP contribution in [-0.2, 0) is 0 Å². The largest absolute Gasteiger partial charge is 0.301 e. The molecule has 28 heavy (non-hydrogen) atoms. The number of piperidine rings is 1. The predicted molar refractivity (Wildman–Crippen MR) is 124 cm³/mol. The first-order valence-corrected chi connectivity index (χ1v) is 12.5. The lowest BCUT2D eigenvalue weighted by molar-refractivity contribution is 0.0254. The molecule has 0 saturated carbocycles. The lowest BCUT2D eigenvalue weighted by Gasteiger charge is -2.45. The summed E-state index contributed by atoms with van der Waals surface area (Å²) in [4.78, 5) is 8.14. The molecule has 0 radical (unpaired) electrons. The number of piperazine rings is 1. The van der Waals surface area contributed by atoms with Crippen molar-refractivity contribution >= 4 is 0 Å². The van der Waals surface area contributed by atoms with Crippen LogP contribution < -0.4 is 0 Å². The molecule has 0 aromatic carbocycles. The molecule has 3 nitrogen and oxygen atoms in total. The van der Waals surface area contributed by atoms with E-state index in [2.05, 4.69) is 56.2 Å². The van der Waals surface area contributed by atoms with E-state index in [0.29, 0.717) is 10.8 Å². The standard InChI is InChI=1S/C25H51N3/c1-7-12-25(6,13-8-2)23-10-15-27(16-11-23)22-28-20-18-26(19-21-28)17-14-24(4,5)9-3/h23H,7-22H2,1-6H3. The molecule has 0 aromatic rings. The van der Waals surface area contributed by atoms with Gasteiger partial charge < -0.3 is 4.90 Å². The molecule has 2 saturated heterocycles. The lowest BCUT2D eigenvalue weighted by Crippen LogP contribution is -2.52. The third kappa shape index (κ3) is 7.29. The van der Waals surface area contributed by atoms with Crippen molar-refractivity contribution in [1.82, 2.24) is 14.7 Å². The summed E-state index contributed by atoms with van der Waals surface area (Å²) in [5.74, 6) is 0.947. The summed E-state index contributed by atoms with van der Waals surface area (Å²) in [6.45, 7) is 24.7. The van der Waals surface area contributed by atoms with E-state index >= 15 is 0 Å². The molecular weight excluding hydrogens is 342 g/mol. The molecule has 2 aliphatic heterocycles. The zero-order valence-electron chi connectivity index (χ0n) is 20.2. The number of hydrogen-bond acceptors (Lipinski definition) is 3. The second-order valence-electron chi connectivity index (χ2n) is 10.9. The highest BCUT2D eigenvalue weighted by Crippen LogP contribution is 2.42. The van der Waals surface area contributed by atoms with Crippen molar-refractivity contribution in [2.24, 2.45) is 16.7 Å². The molecule has 2 fully saturated rings. The van der Waals surface area contributed by atoms with Crippen LogP contribution in [0.3, 0.4) is 0 Å². The average Bonchev–Trinajstić information content (AvgIpc) is 2.68. The van der Waals surface area contributed by atoms with Gasteiger partial charge in [0.15, 0.2) is 0 Å². The van der Waals surface area contributed by atoms with Crippen LogP contribution in [0.15, 0.2) is 0 Å². The summed E-state index contributed by atoms with van der Waals surface area (Å²) >= 11 is 0. The van der Waals surface area contributed by atoms with Gasteiger partial charge in [-0.05, 0) is 68.5 Å². The Balaban J connectivity index is 1.68. The van der Waals surface area contributed by atoms with Gasteiger partial charge in [-0.3, -0.25) is 9.80 Å². The number of likely N-dealkylation sites (tertiary alicyclic amines) is 1. The Bertz CT molecular complexity index is 412. The highest BCUT2D eigenvalue weighted by molar-refractivity contribution is 4.86. The van der Waals surface area contributed by atoms with Crippen molar-refractivity contribution < 1.29 is 0 Å². The van der Waals surface area contributed by atoms with E-state index in [1.54, 1.807) is 0 Å². The minimum absolute atomic E-state index is 0.505. The van der Waals surface area contributed by atoms with Gasteiger partial charge in [0.2, 0.25) is 0 Å². The zero-order valence-corrected chi connectivity index (χ0v) is 20.2. The highest BCUT2D eigenvalue weighted by Gasteiger charge is 2.35. The molecule has 0 N–H and O–H groups in total. The SMILES string of the molecule is CCCC(C)(CCC)C1CCN(CN2CCN(CCC(C)(C)CC)CC2)CC1. The zero-order chi connectivity index (χ0) is 20.6. The minimum atomic E-state index is 0.505. The molecule has 0 amide bonds. The van der Waals surface area contributed by atoms with E-state index in [9.17, 15) is 0 Å². The quantitative estimate of drug-likeness (QED) is 0.445. The average molecular weight is 394 g/mol. The van der Waals surface area contributed by atoms with Crippen LogP contribution >= 0.6 is 0 Å². The normalized spacial score (nSPS) is 22.1. The fourth-order valence-electron chi connectivity index (χ4n) is 5.52. The molecule has 0 aromatic heterocycles. The van der Waals surface area contributed by atoms with E-state index in [4.69, 9.17) is 0 Å². The van der Waals surface area contributed by atoms with E-state index in [0.717, 1.165) is 5.92 Å². The second-order valence-corrected chi connectivity index (χ2v) is 10.9. The van der Waals surface area contributed by atoms with Crippen LogP contribution in [0, 0.1) is 16.7 Å². The van der Waals surface area contributed by atoms with Gasteiger partial charge in [0.25, 0.3) is 0 Å². The Morgan fingerprint density at radius 3 is 1.68 bits per heavy atom. The third-order valence-electron chi connectivity index (χ3n) is 8.14. The second kappa shape index (κ2) is 11.3. The molecule has 166 valence electrons. The fraction of sp³-hybridized carbons (Fsp3) is 1.00. The van der Waals surface area contributed by atoms with Crippen LogP contribution in [0.4, 0.5) is 0 Å².